The predicted molar refractivity (Wildman–Crippen MR) is 106 cm³/mol. The number of piperidine rings is 1. The molecule has 0 radical (unpaired) electrons. The normalized spacial score (nSPS) is 20.0. The number of nitrogens with one attached hydrogen (secondary N) is 1. The van der Waals surface area contributed by atoms with Gasteiger partial charge in [-0.2, -0.15) is 0 Å². The lowest BCUT2D eigenvalue weighted by Gasteiger charge is -2.32. The molecule has 1 saturated heterocycles. The van der Waals surface area contributed by atoms with Gasteiger partial charge >= 0.3 is 0 Å². The zero-order valence-corrected chi connectivity index (χ0v) is 15.9. The number of nitrogens with two attached hydrogens (primary N) is 1. The zero-order valence-electron chi connectivity index (χ0n) is 14.3. The molecule has 24 heavy (non-hydrogen) atoms. The van der Waals surface area contributed by atoms with Crippen molar-refractivity contribution < 1.29 is 4.79 Å². The van der Waals surface area contributed by atoms with Crippen LogP contribution in [0.25, 0.3) is 0 Å². The third-order valence-corrected chi connectivity index (χ3v) is 5.20. The Morgan fingerprint density at radius 1 is 1.21 bits per heavy atom. The van der Waals surface area contributed by atoms with E-state index < -0.39 is 5.54 Å². The minimum Gasteiger partial charge on any atom is -0.371 e. The van der Waals surface area contributed by atoms with Crippen LogP contribution in [-0.2, 0) is 4.79 Å². The summed E-state index contributed by atoms with van der Waals surface area (Å²) in [4.78, 5) is 14.8. The molecule has 1 aromatic carbocycles. The number of hydrogen-bond donors (Lipinski definition) is 2. The second-order valence-electron chi connectivity index (χ2n) is 7.04. The Morgan fingerprint density at radius 2 is 1.83 bits per heavy atom. The Morgan fingerprint density at radius 3 is 2.46 bits per heavy atom. The molecule has 0 aromatic heterocycles. The van der Waals surface area contributed by atoms with Crippen LogP contribution in [0.1, 0.15) is 45.4 Å². The summed E-state index contributed by atoms with van der Waals surface area (Å²) < 4.78 is 0. The van der Waals surface area contributed by atoms with Gasteiger partial charge in [0.25, 0.3) is 0 Å². The Bertz CT molecular complexity index is 539. The first-order chi connectivity index (χ1) is 10.6. The lowest BCUT2D eigenvalue weighted by atomic mass is 9.97. The van der Waals surface area contributed by atoms with Crippen LogP contribution in [0.5, 0.6) is 0 Å². The molecule has 3 N–H and O–H groups in total. The van der Waals surface area contributed by atoms with E-state index in [-0.39, 0.29) is 30.7 Å². The van der Waals surface area contributed by atoms with Crippen LogP contribution in [0.15, 0.2) is 24.3 Å². The van der Waals surface area contributed by atoms with Crippen molar-refractivity contribution >= 4 is 42.1 Å². The van der Waals surface area contributed by atoms with Crippen molar-refractivity contribution in [2.45, 2.75) is 51.0 Å². The molecule has 3 rings (SSSR count). The summed E-state index contributed by atoms with van der Waals surface area (Å²) in [6, 6.07) is 8.17. The highest BCUT2D eigenvalue weighted by Gasteiger charge is 2.37. The van der Waals surface area contributed by atoms with E-state index in [0.717, 1.165) is 50.4 Å². The van der Waals surface area contributed by atoms with Crippen LogP contribution in [0.2, 0.25) is 0 Å². The van der Waals surface area contributed by atoms with E-state index in [1.54, 1.807) is 0 Å². The molecule has 1 aliphatic carbocycles. The topological polar surface area (TPSA) is 58.4 Å². The lowest BCUT2D eigenvalue weighted by molar-refractivity contribution is -0.121. The van der Waals surface area contributed by atoms with Crippen LogP contribution < -0.4 is 16.0 Å². The molecule has 0 spiro atoms. The number of anilines is 2. The van der Waals surface area contributed by atoms with Crippen LogP contribution in [-0.4, -0.2) is 24.5 Å². The number of rotatable bonds is 3. The van der Waals surface area contributed by atoms with Gasteiger partial charge in [-0.15, -0.1) is 24.8 Å². The quantitative estimate of drug-likeness (QED) is 0.842. The highest BCUT2D eigenvalue weighted by atomic mass is 35.5. The van der Waals surface area contributed by atoms with E-state index in [0.29, 0.717) is 0 Å². The Labute approximate surface area is 157 Å². The molecule has 0 atom stereocenters. The molecule has 1 amide bonds. The zero-order chi connectivity index (χ0) is 15.6. The maximum Gasteiger partial charge on any atom is 0.244 e. The summed E-state index contributed by atoms with van der Waals surface area (Å²) >= 11 is 0. The summed E-state index contributed by atoms with van der Waals surface area (Å²) in [6.45, 7) is 4.51. The molecule has 1 aromatic rings. The summed E-state index contributed by atoms with van der Waals surface area (Å²) in [5.74, 6) is 0.785. The van der Waals surface area contributed by atoms with Gasteiger partial charge in [0.15, 0.2) is 0 Å². The lowest BCUT2D eigenvalue weighted by Crippen LogP contribution is -2.48. The third kappa shape index (κ3) is 4.78. The summed E-state index contributed by atoms with van der Waals surface area (Å²) in [6.07, 6.45) is 6.17. The van der Waals surface area contributed by atoms with E-state index in [2.05, 4.69) is 29.3 Å². The van der Waals surface area contributed by atoms with Crippen molar-refractivity contribution in [1.29, 1.82) is 0 Å². The monoisotopic (exact) mass is 373 g/mol. The van der Waals surface area contributed by atoms with Crippen LogP contribution in [0, 0.1) is 5.92 Å². The molecule has 6 heteroatoms. The molecule has 2 fully saturated rings. The molecular weight excluding hydrogens is 345 g/mol. The molecule has 0 bridgehead atoms. The van der Waals surface area contributed by atoms with Gasteiger partial charge in [0.1, 0.15) is 0 Å². The van der Waals surface area contributed by atoms with E-state index in [1.165, 1.54) is 18.5 Å². The molecule has 1 heterocycles. The van der Waals surface area contributed by atoms with Crippen LogP contribution >= 0.6 is 24.8 Å². The standard InChI is InChI=1S/C18H27N3O.2ClH/c1-14-7-11-21(12-8-14)16-6-4-5-15(13-16)20-17(22)18(19)9-2-3-10-18;;/h4-6,13-14H,2-3,7-12,19H2,1H3,(H,20,22);2*1H. The van der Waals surface area contributed by atoms with Crippen LogP contribution in [0.3, 0.4) is 0 Å². The number of carbonyl (C=O) groups is 1. The first-order valence-electron chi connectivity index (χ1n) is 8.52. The van der Waals surface area contributed by atoms with Gasteiger partial charge in [-0.3, -0.25) is 4.79 Å². The fraction of sp³-hybridized carbons (Fsp3) is 0.611. The highest BCUT2D eigenvalue weighted by molar-refractivity contribution is 5.98. The molecule has 1 aliphatic heterocycles. The van der Waals surface area contributed by atoms with Crippen molar-refractivity contribution in [2.75, 3.05) is 23.3 Å². The minimum atomic E-state index is -0.670. The van der Waals surface area contributed by atoms with Crippen molar-refractivity contribution in [3.8, 4) is 0 Å². The molecule has 4 nitrogen and oxygen atoms in total. The SMILES string of the molecule is CC1CCN(c2cccc(NC(=O)C3(N)CCCC3)c2)CC1.Cl.Cl. The van der Waals surface area contributed by atoms with Crippen LogP contribution in [0.4, 0.5) is 11.4 Å². The summed E-state index contributed by atoms with van der Waals surface area (Å²) in [5, 5.41) is 3.02. The van der Waals surface area contributed by atoms with Gasteiger partial charge in [0, 0.05) is 24.5 Å². The van der Waals surface area contributed by atoms with Crippen molar-refractivity contribution in [3.05, 3.63) is 24.3 Å². The number of halogens is 2. The van der Waals surface area contributed by atoms with Crippen molar-refractivity contribution in [1.82, 2.24) is 0 Å². The Kier molecular flexibility index (Phi) is 7.84. The van der Waals surface area contributed by atoms with Gasteiger partial charge in [-0.1, -0.05) is 25.8 Å². The Hall–Kier alpha value is -0.970. The minimum absolute atomic E-state index is 0. The number of nitrogens with zero attached hydrogens (tertiary/aromatic N) is 1. The van der Waals surface area contributed by atoms with Crippen molar-refractivity contribution in [2.24, 2.45) is 11.7 Å². The third-order valence-electron chi connectivity index (χ3n) is 5.20. The van der Waals surface area contributed by atoms with Gasteiger partial charge in [0.05, 0.1) is 5.54 Å². The second-order valence-corrected chi connectivity index (χ2v) is 7.04. The first-order valence-corrected chi connectivity index (χ1v) is 8.52. The average molecular weight is 374 g/mol. The van der Waals surface area contributed by atoms with Gasteiger partial charge < -0.3 is 16.0 Å². The molecule has 2 aliphatic rings. The van der Waals surface area contributed by atoms with E-state index in [9.17, 15) is 4.79 Å². The van der Waals surface area contributed by atoms with Crippen molar-refractivity contribution in [3.63, 3.8) is 0 Å². The van der Waals surface area contributed by atoms with E-state index in [1.807, 2.05) is 12.1 Å². The molecule has 1 saturated carbocycles. The average Bonchev–Trinajstić information content (AvgIpc) is 2.96. The largest absolute Gasteiger partial charge is 0.371 e. The molecule has 136 valence electrons. The van der Waals surface area contributed by atoms with Gasteiger partial charge in [-0.25, -0.2) is 0 Å². The fourth-order valence-electron chi connectivity index (χ4n) is 3.54. The highest BCUT2D eigenvalue weighted by Crippen LogP contribution is 2.29. The first kappa shape index (κ1) is 21.1. The number of amides is 1. The van der Waals surface area contributed by atoms with E-state index >= 15 is 0 Å². The Balaban J connectivity index is 0.00000144. The van der Waals surface area contributed by atoms with Gasteiger partial charge in [0.2, 0.25) is 5.91 Å². The fourth-order valence-corrected chi connectivity index (χ4v) is 3.54. The van der Waals surface area contributed by atoms with E-state index in [4.69, 9.17) is 5.73 Å². The molecular formula is C18H29Cl2N3O. The predicted octanol–water partition coefficient (Wildman–Crippen LogP) is 3.98. The number of hydrogen-bond acceptors (Lipinski definition) is 3. The number of carbonyl (C=O) groups excluding carboxylic acids is 1. The smallest absolute Gasteiger partial charge is 0.244 e. The molecule has 0 unspecified atom stereocenters. The second kappa shape index (κ2) is 8.93. The summed E-state index contributed by atoms with van der Waals surface area (Å²) in [5.41, 5.74) is 7.61. The van der Waals surface area contributed by atoms with Gasteiger partial charge in [-0.05, 0) is 49.8 Å². The summed E-state index contributed by atoms with van der Waals surface area (Å²) in [7, 11) is 0. The number of benzene rings is 1. The maximum atomic E-state index is 12.4. The maximum absolute atomic E-state index is 12.4.